The highest BCUT2D eigenvalue weighted by Crippen LogP contribution is 2.28. The van der Waals surface area contributed by atoms with E-state index in [1.54, 1.807) is 0 Å². The summed E-state index contributed by atoms with van der Waals surface area (Å²) in [7, 11) is 4.04. The first-order valence-electron chi connectivity index (χ1n) is 9.33. The quantitative estimate of drug-likeness (QED) is 0.595. The number of anilines is 5. The monoisotopic (exact) mass is 377 g/mol. The molecule has 0 spiro atoms. The zero-order valence-electron chi connectivity index (χ0n) is 17.0. The smallest absolute Gasteiger partial charge is 0.229 e. The normalized spacial score (nSPS) is 10.6. The molecule has 1 aromatic heterocycles. The number of aryl methyl sites for hydroxylation is 1. The van der Waals surface area contributed by atoms with Gasteiger partial charge in [0.25, 0.3) is 0 Å². The number of nitrogens with zero attached hydrogens (tertiary/aromatic N) is 3. The van der Waals surface area contributed by atoms with Gasteiger partial charge in [0.15, 0.2) is 0 Å². The molecule has 2 aromatic carbocycles. The molecule has 6 nitrogen and oxygen atoms in total. The van der Waals surface area contributed by atoms with Crippen LogP contribution in [0.2, 0.25) is 0 Å². The fraction of sp³-hybridized carbons (Fsp3) is 0.273. The lowest BCUT2D eigenvalue weighted by molar-refractivity contribution is 0.244. The molecule has 0 bridgehead atoms. The Balaban J connectivity index is 1.80. The van der Waals surface area contributed by atoms with E-state index in [1.807, 2.05) is 77.3 Å². The largest absolute Gasteiger partial charge is 0.489 e. The van der Waals surface area contributed by atoms with E-state index >= 15 is 0 Å². The minimum Gasteiger partial charge on any atom is -0.489 e. The van der Waals surface area contributed by atoms with E-state index in [-0.39, 0.29) is 6.10 Å². The van der Waals surface area contributed by atoms with Crippen LogP contribution in [0.3, 0.4) is 0 Å². The number of ether oxygens (including phenoxy) is 1. The Kier molecular flexibility index (Phi) is 5.99. The van der Waals surface area contributed by atoms with Crippen LogP contribution in [0.25, 0.3) is 0 Å². The first-order valence-corrected chi connectivity index (χ1v) is 9.33. The second kappa shape index (κ2) is 8.61. The van der Waals surface area contributed by atoms with Gasteiger partial charge in [0.05, 0.1) is 11.8 Å². The summed E-state index contributed by atoms with van der Waals surface area (Å²) in [6.45, 7) is 5.97. The summed E-state index contributed by atoms with van der Waals surface area (Å²) in [5.74, 6) is 2.05. The summed E-state index contributed by atoms with van der Waals surface area (Å²) in [4.78, 5) is 11.2. The van der Waals surface area contributed by atoms with Crippen LogP contribution in [0.5, 0.6) is 5.75 Å². The highest BCUT2D eigenvalue weighted by Gasteiger charge is 2.08. The first kappa shape index (κ1) is 19.5. The maximum Gasteiger partial charge on any atom is 0.229 e. The third-order valence-corrected chi connectivity index (χ3v) is 4.01. The zero-order valence-corrected chi connectivity index (χ0v) is 17.0. The van der Waals surface area contributed by atoms with E-state index < -0.39 is 0 Å². The lowest BCUT2D eigenvalue weighted by atomic mass is 10.2. The third-order valence-electron chi connectivity index (χ3n) is 4.01. The van der Waals surface area contributed by atoms with Crippen LogP contribution in [-0.2, 0) is 0 Å². The van der Waals surface area contributed by atoms with Crippen molar-refractivity contribution in [3.8, 4) is 5.75 Å². The lowest BCUT2D eigenvalue weighted by Crippen LogP contribution is -2.08. The van der Waals surface area contributed by atoms with E-state index in [0.717, 1.165) is 28.5 Å². The van der Waals surface area contributed by atoms with Crippen LogP contribution in [0.15, 0.2) is 54.6 Å². The van der Waals surface area contributed by atoms with Gasteiger partial charge in [-0.15, -0.1) is 0 Å². The predicted octanol–water partition coefficient (Wildman–Crippen LogP) is 5.13. The van der Waals surface area contributed by atoms with Crippen LogP contribution in [0.1, 0.15) is 19.5 Å². The standard InChI is InChI=1S/C22H27N5O/c1-15(2)28-20-9-7-6-8-19(20)25-21-14-16(3)23-22(26-21)24-17-10-12-18(13-11-17)27(4)5/h6-15H,1-5H3,(H2,23,24,25,26). The molecule has 0 unspecified atom stereocenters. The highest BCUT2D eigenvalue weighted by molar-refractivity contribution is 5.66. The van der Waals surface area contributed by atoms with Crippen molar-refractivity contribution in [1.82, 2.24) is 9.97 Å². The minimum atomic E-state index is 0.0949. The molecule has 0 saturated heterocycles. The summed E-state index contributed by atoms with van der Waals surface area (Å²) in [6.07, 6.45) is 0.0949. The van der Waals surface area contributed by atoms with Crippen LogP contribution in [-0.4, -0.2) is 30.2 Å². The molecule has 0 aliphatic rings. The van der Waals surface area contributed by atoms with Crippen LogP contribution in [0.4, 0.5) is 28.8 Å². The Labute approximate surface area is 166 Å². The fourth-order valence-corrected chi connectivity index (χ4v) is 2.73. The van der Waals surface area contributed by atoms with Crippen LogP contribution in [0, 0.1) is 6.92 Å². The molecule has 3 aromatic rings. The van der Waals surface area contributed by atoms with Crippen molar-refractivity contribution in [1.29, 1.82) is 0 Å². The maximum absolute atomic E-state index is 5.88. The van der Waals surface area contributed by atoms with Crippen molar-refractivity contribution in [2.75, 3.05) is 29.6 Å². The van der Waals surface area contributed by atoms with Crippen LogP contribution >= 0.6 is 0 Å². The average Bonchev–Trinajstić information content (AvgIpc) is 2.63. The molecule has 1 heterocycles. The van der Waals surface area contributed by atoms with Gasteiger partial charge in [-0.05, 0) is 57.2 Å². The van der Waals surface area contributed by atoms with Gasteiger partial charge in [0.2, 0.25) is 5.95 Å². The molecule has 6 heteroatoms. The van der Waals surface area contributed by atoms with Gasteiger partial charge in [0, 0.05) is 37.2 Å². The highest BCUT2D eigenvalue weighted by atomic mass is 16.5. The summed E-state index contributed by atoms with van der Waals surface area (Å²) >= 11 is 0. The van der Waals surface area contributed by atoms with E-state index in [4.69, 9.17) is 4.74 Å². The summed E-state index contributed by atoms with van der Waals surface area (Å²) < 4.78 is 5.88. The number of para-hydroxylation sites is 2. The van der Waals surface area contributed by atoms with Crippen molar-refractivity contribution < 1.29 is 4.74 Å². The van der Waals surface area contributed by atoms with E-state index in [2.05, 4.69) is 37.6 Å². The number of hydrogen-bond acceptors (Lipinski definition) is 6. The molecule has 0 fully saturated rings. The summed E-state index contributed by atoms with van der Waals surface area (Å²) in [5.41, 5.74) is 3.81. The minimum absolute atomic E-state index is 0.0949. The summed E-state index contributed by atoms with van der Waals surface area (Å²) in [5, 5.41) is 6.62. The van der Waals surface area contributed by atoms with Gasteiger partial charge in [-0.25, -0.2) is 4.98 Å². The van der Waals surface area contributed by atoms with E-state index in [0.29, 0.717) is 11.8 Å². The zero-order chi connectivity index (χ0) is 20.1. The van der Waals surface area contributed by atoms with Crippen LogP contribution < -0.4 is 20.3 Å². The predicted molar refractivity (Wildman–Crippen MR) is 116 cm³/mol. The van der Waals surface area contributed by atoms with Crippen molar-refractivity contribution >= 4 is 28.8 Å². The Morgan fingerprint density at radius 1 is 0.929 bits per heavy atom. The fourth-order valence-electron chi connectivity index (χ4n) is 2.73. The molecular weight excluding hydrogens is 350 g/mol. The van der Waals surface area contributed by atoms with Gasteiger partial charge in [-0.2, -0.15) is 4.98 Å². The average molecular weight is 377 g/mol. The second-order valence-corrected chi connectivity index (χ2v) is 7.07. The summed E-state index contributed by atoms with van der Waals surface area (Å²) in [6, 6.07) is 17.9. The molecule has 0 aliphatic carbocycles. The molecule has 146 valence electrons. The Bertz CT molecular complexity index is 922. The number of rotatable bonds is 7. The molecule has 0 amide bonds. The first-order chi connectivity index (χ1) is 13.4. The molecule has 0 radical (unpaired) electrons. The lowest BCUT2D eigenvalue weighted by Gasteiger charge is -2.16. The van der Waals surface area contributed by atoms with Crippen molar-refractivity contribution in [3.05, 3.63) is 60.3 Å². The van der Waals surface area contributed by atoms with Gasteiger partial charge in [-0.1, -0.05) is 12.1 Å². The van der Waals surface area contributed by atoms with E-state index in [1.165, 1.54) is 0 Å². The van der Waals surface area contributed by atoms with Crippen molar-refractivity contribution in [2.45, 2.75) is 26.9 Å². The molecule has 0 saturated carbocycles. The van der Waals surface area contributed by atoms with Gasteiger partial charge in [0.1, 0.15) is 11.6 Å². The topological polar surface area (TPSA) is 62.3 Å². The molecule has 0 aliphatic heterocycles. The molecule has 3 rings (SSSR count). The van der Waals surface area contributed by atoms with Gasteiger partial charge in [-0.3, -0.25) is 0 Å². The molecule has 2 N–H and O–H groups in total. The van der Waals surface area contributed by atoms with Crippen molar-refractivity contribution in [3.63, 3.8) is 0 Å². The Morgan fingerprint density at radius 2 is 1.64 bits per heavy atom. The van der Waals surface area contributed by atoms with Crippen molar-refractivity contribution in [2.24, 2.45) is 0 Å². The number of nitrogens with one attached hydrogen (secondary N) is 2. The van der Waals surface area contributed by atoms with Gasteiger partial charge >= 0.3 is 0 Å². The molecule has 28 heavy (non-hydrogen) atoms. The SMILES string of the molecule is Cc1cc(Nc2ccccc2OC(C)C)nc(Nc2ccc(N(C)C)cc2)n1. The number of hydrogen-bond donors (Lipinski definition) is 2. The second-order valence-electron chi connectivity index (χ2n) is 7.07. The Hall–Kier alpha value is -3.28. The molecule has 0 atom stereocenters. The molecular formula is C22H27N5O. The van der Waals surface area contributed by atoms with Gasteiger partial charge < -0.3 is 20.3 Å². The Morgan fingerprint density at radius 3 is 2.32 bits per heavy atom. The maximum atomic E-state index is 5.88. The number of benzene rings is 2. The van der Waals surface area contributed by atoms with E-state index in [9.17, 15) is 0 Å². The third kappa shape index (κ3) is 5.13. The number of aromatic nitrogens is 2.